The third-order valence-electron chi connectivity index (χ3n) is 1.20. The molecule has 56 valence electrons. The van der Waals surface area contributed by atoms with Crippen molar-refractivity contribution >= 4 is 12.1 Å². The summed E-state index contributed by atoms with van der Waals surface area (Å²) in [6, 6.07) is 0. The number of nitrogens with one attached hydrogen (secondary N) is 1. The van der Waals surface area contributed by atoms with E-state index in [1.165, 1.54) is 0 Å². The van der Waals surface area contributed by atoms with Crippen LogP contribution in [0.25, 0.3) is 0 Å². The van der Waals surface area contributed by atoms with E-state index in [0.29, 0.717) is 13.0 Å². The van der Waals surface area contributed by atoms with E-state index >= 15 is 0 Å². The topological polar surface area (TPSA) is 75.6 Å². The number of alkyl carbamates (subject to hydrolysis) is 1. The maximum atomic E-state index is 10.4. The molecule has 0 saturated carbocycles. The van der Waals surface area contributed by atoms with Gasteiger partial charge < -0.3 is 15.2 Å². The summed E-state index contributed by atoms with van der Waals surface area (Å²) >= 11 is 0. The standard InChI is InChI=1S/C5H7NO4/c7-4(8)3-1-2-6-5(9)10-3/h3H,1-2H2,(H,6,9)(H,7,8). The Bertz CT molecular complexity index is 165. The number of rotatable bonds is 1. The lowest BCUT2D eigenvalue weighted by molar-refractivity contribution is -0.147. The molecule has 0 bridgehead atoms. The van der Waals surface area contributed by atoms with E-state index in [-0.39, 0.29) is 0 Å². The number of aliphatic carboxylic acids is 1. The average molecular weight is 145 g/mol. The molecule has 10 heavy (non-hydrogen) atoms. The zero-order valence-electron chi connectivity index (χ0n) is 5.16. The number of amides is 1. The summed E-state index contributed by atoms with van der Waals surface area (Å²) in [5, 5.41) is 10.7. The van der Waals surface area contributed by atoms with Crippen LogP contribution >= 0.6 is 0 Å². The van der Waals surface area contributed by atoms with Crippen molar-refractivity contribution in [2.24, 2.45) is 0 Å². The zero-order valence-corrected chi connectivity index (χ0v) is 5.16. The van der Waals surface area contributed by atoms with Crippen molar-refractivity contribution in [2.45, 2.75) is 12.5 Å². The summed E-state index contributed by atoms with van der Waals surface area (Å²) in [5.74, 6) is -1.09. The van der Waals surface area contributed by atoms with Gasteiger partial charge in [0.05, 0.1) is 0 Å². The minimum absolute atomic E-state index is 0.334. The number of carbonyl (C=O) groups excluding carboxylic acids is 1. The number of ether oxygens (including phenoxy) is 1. The molecule has 1 aliphatic heterocycles. The van der Waals surface area contributed by atoms with Crippen LogP contribution in [-0.2, 0) is 9.53 Å². The van der Waals surface area contributed by atoms with Crippen LogP contribution < -0.4 is 5.32 Å². The van der Waals surface area contributed by atoms with E-state index in [1.807, 2.05) is 0 Å². The number of carbonyl (C=O) groups is 2. The fourth-order valence-electron chi connectivity index (χ4n) is 0.709. The fraction of sp³-hybridized carbons (Fsp3) is 0.600. The number of carboxylic acids is 1. The third-order valence-corrected chi connectivity index (χ3v) is 1.20. The van der Waals surface area contributed by atoms with Gasteiger partial charge in [0.25, 0.3) is 0 Å². The molecule has 0 aromatic heterocycles. The van der Waals surface area contributed by atoms with E-state index in [2.05, 4.69) is 10.1 Å². The largest absolute Gasteiger partial charge is 0.479 e. The van der Waals surface area contributed by atoms with Gasteiger partial charge >= 0.3 is 12.1 Å². The summed E-state index contributed by atoms with van der Waals surface area (Å²) in [5.41, 5.74) is 0. The predicted octanol–water partition coefficient (Wildman–Crippen LogP) is -0.431. The van der Waals surface area contributed by atoms with Crippen molar-refractivity contribution in [2.75, 3.05) is 6.54 Å². The molecule has 1 heterocycles. The van der Waals surface area contributed by atoms with Gasteiger partial charge in [0, 0.05) is 13.0 Å². The van der Waals surface area contributed by atoms with Gasteiger partial charge in [0.1, 0.15) is 0 Å². The highest BCUT2D eigenvalue weighted by molar-refractivity contribution is 5.78. The maximum Gasteiger partial charge on any atom is 0.407 e. The van der Waals surface area contributed by atoms with E-state index in [9.17, 15) is 9.59 Å². The van der Waals surface area contributed by atoms with Crippen LogP contribution in [-0.4, -0.2) is 29.8 Å². The predicted molar refractivity (Wildman–Crippen MR) is 30.5 cm³/mol. The van der Waals surface area contributed by atoms with E-state index < -0.39 is 18.2 Å². The SMILES string of the molecule is O=C1NCCC(C(=O)O)O1. The lowest BCUT2D eigenvalue weighted by Gasteiger charge is -2.18. The van der Waals surface area contributed by atoms with Gasteiger partial charge in [-0.05, 0) is 0 Å². The molecular weight excluding hydrogens is 138 g/mol. The van der Waals surface area contributed by atoms with Crippen LogP contribution in [0.5, 0.6) is 0 Å². The molecule has 5 heteroatoms. The summed E-state index contributed by atoms with van der Waals surface area (Å²) in [7, 11) is 0. The van der Waals surface area contributed by atoms with Crippen LogP contribution in [0.1, 0.15) is 6.42 Å². The zero-order chi connectivity index (χ0) is 7.56. The van der Waals surface area contributed by atoms with E-state index in [4.69, 9.17) is 5.11 Å². The molecule has 0 radical (unpaired) electrons. The Balaban J connectivity index is 2.47. The maximum absolute atomic E-state index is 10.4. The molecule has 1 fully saturated rings. The second-order valence-electron chi connectivity index (χ2n) is 1.95. The van der Waals surface area contributed by atoms with Gasteiger partial charge in [-0.2, -0.15) is 0 Å². The van der Waals surface area contributed by atoms with E-state index in [1.54, 1.807) is 0 Å². The normalized spacial score (nSPS) is 24.8. The third kappa shape index (κ3) is 1.37. The molecule has 2 N–H and O–H groups in total. The highest BCUT2D eigenvalue weighted by Crippen LogP contribution is 2.02. The summed E-state index contributed by atoms with van der Waals surface area (Å²) in [4.78, 5) is 20.6. The molecule has 1 unspecified atom stereocenters. The molecular formula is C5H7NO4. The first-order valence-electron chi connectivity index (χ1n) is 2.87. The van der Waals surface area contributed by atoms with Gasteiger partial charge in [-0.3, -0.25) is 0 Å². The number of cyclic esters (lactones) is 1. The van der Waals surface area contributed by atoms with Gasteiger partial charge in [-0.1, -0.05) is 0 Å². The molecule has 1 rings (SSSR count). The monoisotopic (exact) mass is 145 g/mol. The molecule has 1 aliphatic rings. The Morgan fingerprint density at radius 1 is 1.80 bits per heavy atom. The number of carboxylic acid groups (broad SMARTS) is 1. The Morgan fingerprint density at radius 3 is 2.90 bits per heavy atom. The fourth-order valence-corrected chi connectivity index (χ4v) is 0.709. The minimum atomic E-state index is -1.09. The molecule has 1 atom stereocenters. The first-order chi connectivity index (χ1) is 4.70. The molecule has 5 nitrogen and oxygen atoms in total. The second kappa shape index (κ2) is 2.55. The first kappa shape index (κ1) is 6.85. The van der Waals surface area contributed by atoms with Gasteiger partial charge in [-0.25, -0.2) is 9.59 Å². The molecule has 0 spiro atoms. The summed E-state index contributed by atoms with van der Waals surface area (Å²) < 4.78 is 4.40. The number of hydrogen-bond acceptors (Lipinski definition) is 3. The Kier molecular flexibility index (Phi) is 1.75. The van der Waals surface area contributed by atoms with Crippen LogP contribution in [0, 0.1) is 0 Å². The highest BCUT2D eigenvalue weighted by atomic mass is 16.6. The van der Waals surface area contributed by atoms with Crippen molar-refractivity contribution in [1.82, 2.24) is 5.32 Å². The minimum Gasteiger partial charge on any atom is -0.479 e. The van der Waals surface area contributed by atoms with Crippen LogP contribution in [0.4, 0.5) is 4.79 Å². The van der Waals surface area contributed by atoms with E-state index in [0.717, 1.165) is 0 Å². The smallest absolute Gasteiger partial charge is 0.407 e. The average Bonchev–Trinajstić information content (AvgIpc) is 1.88. The Morgan fingerprint density at radius 2 is 2.50 bits per heavy atom. The van der Waals surface area contributed by atoms with Crippen molar-refractivity contribution in [3.8, 4) is 0 Å². The van der Waals surface area contributed by atoms with Crippen molar-refractivity contribution in [3.05, 3.63) is 0 Å². The van der Waals surface area contributed by atoms with Gasteiger partial charge in [0.2, 0.25) is 6.10 Å². The Hall–Kier alpha value is -1.26. The molecule has 0 aromatic carbocycles. The molecule has 0 aromatic rings. The van der Waals surface area contributed by atoms with Crippen LogP contribution in [0.3, 0.4) is 0 Å². The first-order valence-corrected chi connectivity index (χ1v) is 2.87. The van der Waals surface area contributed by atoms with Gasteiger partial charge in [0.15, 0.2) is 0 Å². The van der Waals surface area contributed by atoms with Crippen molar-refractivity contribution in [3.63, 3.8) is 0 Å². The number of hydrogen-bond donors (Lipinski definition) is 2. The lowest BCUT2D eigenvalue weighted by Crippen LogP contribution is -2.41. The summed E-state index contributed by atoms with van der Waals surface area (Å²) in [6.07, 6.45) is -1.28. The Labute approximate surface area is 57.0 Å². The summed E-state index contributed by atoms with van der Waals surface area (Å²) in [6.45, 7) is 0.371. The second-order valence-corrected chi connectivity index (χ2v) is 1.95. The lowest BCUT2D eigenvalue weighted by atomic mass is 10.2. The van der Waals surface area contributed by atoms with Gasteiger partial charge in [-0.15, -0.1) is 0 Å². The van der Waals surface area contributed by atoms with Crippen molar-refractivity contribution < 1.29 is 19.4 Å². The van der Waals surface area contributed by atoms with Crippen molar-refractivity contribution in [1.29, 1.82) is 0 Å². The molecule has 0 aliphatic carbocycles. The van der Waals surface area contributed by atoms with Crippen LogP contribution in [0.2, 0.25) is 0 Å². The quantitative estimate of drug-likeness (QED) is 0.525. The molecule has 1 amide bonds. The highest BCUT2D eigenvalue weighted by Gasteiger charge is 2.25. The van der Waals surface area contributed by atoms with Crippen LogP contribution in [0.15, 0.2) is 0 Å². The molecule has 1 saturated heterocycles.